The van der Waals surface area contributed by atoms with Crippen LogP contribution >= 0.6 is 0 Å². The van der Waals surface area contributed by atoms with Crippen LogP contribution in [0.5, 0.6) is 5.75 Å². The largest absolute Gasteiger partial charge is 0.481 e. The molecule has 1 aromatic carbocycles. The molecule has 0 heterocycles. The number of amides is 1. The summed E-state index contributed by atoms with van der Waals surface area (Å²) >= 11 is 0. The van der Waals surface area contributed by atoms with Crippen LogP contribution in [0.15, 0.2) is 24.3 Å². The summed E-state index contributed by atoms with van der Waals surface area (Å²) in [6.45, 7) is 3.94. The Morgan fingerprint density at radius 1 is 1.33 bits per heavy atom. The normalized spacial score (nSPS) is 28.4. The molecule has 3 rings (SSSR count). The van der Waals surface area contributed by atoms with Crippen molar-refractivity contribution < 1.29 is 9.53 Å². The smallest absolute Gasteiger partial charge is 0.261 e. The Hall–Kier alpha value is -1.51. The first-order valence-electron chi connectivity index (χ1n) is 8.22. The van der Waals surface area contributed by atoms with Crippen molar-refractivity contribution >= 4 is 5.91 Å². The quantitative estimate of drug-likeness (QED) is 0.902. The van der Waals surface area contributed by atoms with Crippen LogP contribution in [-0.4, -0.2) is 18.1 Å². The molecule has 3 heteroatoms. The minimum absolute atomic E-state index is 0.0263. The van der Waals surface area contributed by atoms with Gasteiger partial charge in [-0.3, -0.25) is 4.79 Å². The molecule has 3 nitrogen and oxygen atoms in total. The summed E-state index contributed by atoms with van der Waals surface area (Å²) in [5.41, 5.74) is 1.15. The molecular formula is C18H25NO2. The molecule has 1 amide bonds. The third-order valence-electron chi connectivity index (χ3n) is 5.09. The zero-order valence-corrected chi connectivity index (χ0v) is 13.0. The van der Waals surface area contributed by atoms with Crippen LogP contribution in [0.3, 0.4) is 0 Å². The van der Waals surface area contributed by atoms with E-state index in [-0.39, 0.29) is 5.91 Å². The molecule has 1 N–H and O–H groups in total. The molecule has 2 aliphatic carbocycles. The fourth-order valence-corrected chi connectivity index (χ4v) is 3.88. The minimum Gasteiger partial charge on any atom is -0.481 e. The molecule has 0 aromatic heterocycles. The molecule has 21 heavy (non-hydrogen) atoms. The lowest BCUT2D eigenvalue weighted by atomic mass is 9.95. The van der Waals surface area contributed by atoms with Gasteiger partial charge in [-0.15, -0.1) is 0 Å². The number of ether oxygens (including phenoxy) is 1. The Morgan fingerprint density at radius 2 is 2.14 bits per heavy atom. The van der Waals surface area contributed by atoms with Crippen LogP contribution in [0.25, 0.3) is 0 Å². The lowest BCUT2D eigenvalue weighted by Crippen LogP contribution is -2.44. The van der Waals surface area contributed by atoms with E-state index in [4.69, 9.17) is 4.74 Å². The number of hydrogen-bond acceptors (Lipinski definition) is 2. The lowest BCUT2D eigenvalue weighted by molar-refractivity contribution is -0.128. The van der Waals surface area contributed by atoms with Crippen LogP contribution in [0.4, 0.5) is 0 Å². The molecule has 114 valence electrons. The van der Waals surface area contributed by atoms with Crippen molar-refractivity contribution in [3.8, 4) is 5.75 Å². The second-order valence-corrected chi connectivity index (χ2v) is 6.51. The summed E-state index contributed by atoms with van der Waals surface area (Å²) in [5, 5.41) is 3.20. The first-order valence-corrected chi connectivity index (χ1v) is 8.22. The van der Waals surface area contributed by atoms with E-state index in [1.165, 1.54) is 19.3 Å². The van der Waals surface area contributed by atoms with E-state index in [0.717, 1.165) is 30.1 Å². The second-order valence-electron chi connectivity index (χ2n) is 6.51. The lowest BCUT2D eigenvalue weighted by Gasteiger charge is -2.25. The van der Waals surface area contributed by atoms with Crippen molar-refractivity contribution in [1.82, 2.24) is 5.32 Å². The van der Waals surface area contributed by atoms with Gasteiger partial charge in [0.25, 0.3) is 5.91 Å². The molecule has 0 aliphatic heterocycles. The Morgan fingerprint density at radius 3 is 2.81 bits per heavy atom. The Balaban J connectivity index is 1.57. The standard InChI is InChI=1S/C18H25NO2/c1-3-14-6-4-5-7-17(14)21-12(2)18(20)19-16-11-13-8-9-15(16)10-13/h4-7,12-13,15-16H,3,8-11H2,1-2H3,(H,19,20)/t12-,13+,15+,16-/m0/s1. The number of fused-ring (bicyclic) bond motifs is 2. The van der Waals surface area contributed by atoms with Gasteiger partial charge in [-0.1, -0.05) is 31.5 Å². The molecular weight excluding hydrogens is 262 g/mol. The molecule has 1 aromatic rings. The number of nitrogens with one attached hydrogen (secondary N) is 1. The van der Waals surface area contributed by atoms with E-state index in [0.29, 0.717) is 12.0 Å². The maximum atomic E-state index is 12.3. The number of para-hydroxylation sites is 1. The van der Waals surface area contributed by atoms with Gasteiger partial charge in [-0.2, -0.15) is 0 Å². The van der Waals surface area contributed by atoms with Gasteiger partial charge in [0.1, 0.15) is 5.75 Å². The predicted molar refractivity (Wildman–Crippen MR) is 83.3 cm³/mol. The number of hydrogen-bond donors (Lipinski definition) is 1. The van der Waals surface area contributed by atoms with Gasteiger partial charge in [0.15, 0.2) is 6.10 Å². The topological polar surface area (TPSA) is 38.3 Å². The van der Waals surface area contributed by atoms with Crippen LogP contribution in [-0.2, 0) is 11.2 Å². The van der Waals surface area contributed by atoms with Crippen molar-refractivity contribution in [3.05, 3.63) is 29.8 Å². The Bertz CT molecular complexity index is 514. The van der Waals surface area contributed by atoms with Crippen molar-refractivity contribution in [2.45, 2.75) is 58.1 Å². The molecule has 0 radical (unpaired) electrons. The summed E-state index contributed by atoms with van der Waals surface area (Å²) in [5.74, 6) is 2.40. The minimum atomic E-state index is -0.433. The molecule has 0 saturated heterocycles. The van der Waals surface area contributed by atoms with Crippen molar-refractivity contribution in [2.24, 2.45) is 11.8 Å². The average molecular weight is 287 g/mol. The summed E-state index contributed by atoms with van der Waals surface area (Å²) in [7, 11) is 0. The first-order chi connectivity index (χ1) is 10.2. The SMILES string of the molecule is CCc1ccccc1O[C@@H](C)C(=O)N[C@H]1C[C@@H]2CC[C@@H]1C2. The van der Waals surface area contributed by atoms with E-state index in [2.05, 4.69) is 18.3 Å². The van der Waals surface area contributed by atoms with E-state index in [9.17, 15) is 4.79 Å². The van der Waals surface area contributed by atoms with Crippen LogP contribution < -0.4 is 10.1 Å². The third-order valence-corrected chi connectivity index (χ3v) is 5.09. The van der Waals surface area contributed by atoms with Gasteiger partial charge >= 0.3 is 0 Å². The molecule has 2 bridgehead atoms. The second kappa shape index (κ2) is 6.08. The fraction of sp³-hybridized carbons (Fsp3) is 0.611. The van der Waals surface area contributed by atoms with E-state index >= 15 is 0 Å². The molecule has 4 atom stereocenters. The van der Waals surface area contributed by atoms with Gasteiger partial charge in [0.2, 0.25) is 0 Å². The van der Waals surface area contributed by atoms with Gasteiger partial charge < -0.3 is 10.1 Å². The highest BCUT2D eigenvalue weighted by molar-refractivity contribution is 5.81. The van der Waals surface area contributed by atoms with Crippen molar-refractivity contribution in [3.63, 3.8) is 0 Å². The molecule has 2 fully saturated rings. The van der Waals surface area contributed by atoms with Crippen LogP contribution in [0, 0.1) is 11.8 Å². The number of carbonyl (C=O) groups is 1. The summed E-state index contributed by atoms with van der Waals surface area (Å²) in [4.78, 5) is 12.3. The zero-order valence-electron chi connectivity index (χ0n) is 13.0. The highest BCUT2D eigenvalue weighted by Crippen LogP contribution is 2.44. The van der Waals surface area contributed by atoms with Gasteiger partial charge in [0, 0.05) is 6.04 Å². The molecule has 0 unspecified atom stereocenters. The van der Waals surface area contributed by atoms with E-state index in [1.807, 2.05) is 25.1 Å². The average Bonchev–Trinajstić information content (AvgIpc) is 3.10. The van der Waals surface area contributed by atoms with Crippen LogP contribution in [0.2, 0.25) is 0 Å². The van der Waals surface area contributed by atoms with Gasteiger partial charge in [-0.05, 0) is 56.1 Å². The van der Waals surface area contributed by atoms with Crippen LogP contribution in [0.1, 0.15) is 45.1 Å². The molecule has 2 aliphatic rings. The highest BCUT2D eigenvalue weighted by atomic mass is 16.5. The predicted octanol–water partition coefficient (Wildman–Crippen LogP) is 3.32. The number of benzene rings is 1. The monoisotopic (exact) mass is 287 g/mol. The van der Waals surface area contributed by atoms with Crippen molar-refractivity contribution in [1.29, 1.82) is 0 Å². The fourth-order valence-electron chi connectivity index (χ4n) is 3.88. The van der Waals surface area contributed by atoms with E-state index in [1.54, 1.807) is 0 Å². The number of carbonyl (C=O) groups excluding carboxylic acids is 1. The first kappa shape index (κ1) is 14.4. The maximum absolute atomic E-state index is 12.3. The third kappa shape index (κ3) is 3.07. The number of rotatable bonds is 5. The zero-order chi connectivity index (χ0) is 14.8. The molecule has 0 spiro atoms. The van der Waals surface area contributed by atoms with Gasteiger partial charge in [0.05, 0.1) is 0 Å². The Kier molecular flexibility index (Phi) is 4.18. The van der Waals surface area contributed by atoms with Gasteiger partial charge in [-0.25, -0.2) is 0 Å². The van der Waals surface area contributed by atoms with Crippen molar-refractivity contribution in [2.75, 3.05) is 0 Å². The summed E-state index contributed by atoms with van der Waals surface area (Å²) < 4.78 is 5.88. The summed E-state index contributed by atoms with van der Waals surface area (Å²) in [6.07, 6.45) is 5.58. The highest BCUT2D eigenvalue weighted by Gasteiger charge is 2.40. The Labute approximate surface area is 127 Å². The summed E-state index contributed by atoms with van der Waals surface area (Å²) in [6, 6.07) is 8.33. The number of aryl methyl sites for hydroxylation is 1. The maximum Gasteiger partial charge on any atom is 0.261 e. The van der Waals surface area contributed by atoms with E-state index < -0.39 is 6.10 Å². The molecule has 2 saturated carbocycles.